The zero-order valence-electron chi connectivity index (χ0n) is 21.8. The molecule has 0 bridgehead atoms. The predicted octanol–water partition coefficient (Wildman–Crippen LogP) is 9.11. The van der Waals surface area contributed by atoms with E-state index in [0.29, 0.717) is 53.8 Å². The summed E-state index contributed by atoms with van der Waals surface area (Å²) in [7, 11) is 1.54. The molecule has 0 amide bonds. The van der Waals surface area contributed by atoms with Gasteiger partial charge in [0.15, 0.2) is 17.3 Å². The second-order valence-electron chi connectivity index (χ2n) is 9.16. The fourth-order valence-electron chi connectivity index (χ4n) is 4.35. The second-order valence-corrected chi connectivity index (χ2v) is 11.8. The highest BCUT2D eigenvalue weighted by atomic mass is 79.9. The maximum atomic E-state index is 13.6. The minimum atomic E-state index is -0.337. The van der Waals surface area contributed by atoms with Crippen LogP contribution >= 0.6 is 55.1 Å². The first-order valence-electron chi connectivity index (χ1n) is 12.5. The lowest BCUT2D eigenvalue weighted by molar-refractivity contribution is 0.284. The molecule has 0 saturated heterocycles. The predicted molar refractivity (Wildman–Crippen MR) is 173 cm³/mol. The van der Waals surface area contributed by atoms with E-state index in [0.717, 1.165) is 15.4 Å². The molecular formula is C31H19Br2Cl2N3O4. The van der Waals surface area contributed by atoms with Crippen LogP contribution in [-0.2, 0) is 6.61 Å². The van der Waals surface area contributed by atoms with Crippen LogP contribution in [0.5, 0.6) is 11.5 Å². The van der Waals surface area contributed by atoms with Gasteiger partial charge in [-0.15, -0.1) is 0 Å². The van der Waals surface area contributed by atoms with Gasteiger partial charge in [0.1, 0.15) is 12.2 Å². The van der Waals surface area contributed by atoms with Crippen molar-refractivity contribution in [2.75, 3.05) is 7.11 Å². The quantitative estimate of drug-likeness (QED) is 0.153. The van der Waals surface area contributed by atoms with Crippen LogP contribution in [0.25, 0.3) is 33.5 Å². The molecule has 0 N–H and O–H groups in total. The Labute approximate surface area is 266 Å². The standard InChI is InChI=1S/C31H19Br2Cl2N3O4/c1-40-27-12-19(23(33)14-28(27)41-16-17-6-8-21(34)13-24(17)35)15-36-38-30(37-25-5-3-2-4-22(25)31(38)39)29-11-18-10-20(32)7-9-26(18)42-29/h2-15H,16H2,1H3. The zero-order chi connectivity index (χ0) is 29.4. The van der Waals surface area contributed by atoms with E-state index in [4.69, 9.17) is 42.1 Å². The fourth-order valence-corrected chi connectivity index (χ4v) is 5.62. The highest BCUT2D eigenvalue weighted by Crippen LogP contribution is 2.35. The third-order valence-corrected chi connectivity index (χ3v) is 8.21. The molecule has 0 fully saturated rings. The van der Waals surface area contributed by atoms with Crippen LogP contribution in [0.2, 0.25) is 10.0 Å². The maximum absolute atomic E-state index is 13.6. The summed E-state index contributed by atoms with van der Waals surface area (Å²) in [6.07, 6.45) is 1.55. The Hall–Kier alpha value is -3.63. The van der Waals surface area contributed by atoms with Crippen molar-refractivity contribution in [1.82, 2.24) is 9.66 Å². The number of rotatable bonds is 7. The molecule has 0 unspecified atom stereocenters. The Morgan fingerprint density at radius 3 is 2.64 bits per heavy atom. The number of halogens is 4. The van der Waals surface area contributed by atoms with Gasteiger partial charge in [-0.2, -0.15) is 9.78 Å². The number of methoxy groups -OCH3 is 1. The average molecular weight is 728 g/mol. The molecule has 4 aromatic carbocycles. The zero-order valence-corrected chi connectivity index (χ0v) is 26.5. The third kappa shape index (κ3) is 5.70. The number of benzene rings is 4. The number of ether oxygens (including phenoxy) is 2. The van der Waals surface area contributed by atoms with Crippen molar-refractivity contribution >= 4 is 83.1 Å². The molecule has 0 aliphatic carbocycles. The van der Waals surface area contributed by atoms with Crippen molar-refractivity contribution < 1.29 is 13.9 Å². The van der Waals surface area contributed by atoms with E-state index in [1.165, 1.54) is 4.68 Å². The molecule has 210 valence electrons. The van der Waals surface area contributed by atoms with E-state index in [-0.39, 0.29) is 18.0 Å². The van der Waals surface area contributed by atoms with Gasteiger partial charge in [-0.05, 0) is 76.6 Å². The molecule has 2 aromatic heterocycles. The molecule has 0 spiro atoms. The summed E-state index contributed by atoms with van der Waals surface area (Å²) < 4.78 is 20.5. The lowest BCUT2D eigenvalue weighted by atomic mass is 10.2. The summed E-state index contributed by atoms with van der Waals surface area (Å²) in [6.45, 7) is 0.210. The fraction of sp³-hybridized carbons (Fsp3) is 0.0645. The summed E-state index contributed by atoms with van der Waals surface area (Å²) in [5.74, 6) is 1.64. The number of nitrogens with zero attached hydrogens (tertiary/aromatic N) is 3. The van der Waals surface area contributed by atoms with E-state index in [9.17, 15) is 4.79 Å². The van der Waals surface area contributed by atoms with Gasteiger partial charge in [0.25, 0.3) is 5.56 Å². The van der Waals surface area contributed by atoms with Gasteiger partial charge in [0.05, 0.1) is 24.2 Å². The minimum absolute atomic E-state index is 0.210. The number of para-hydroxylation sites is 1. The molecule has 0 aliphatic heterocycles. The molecule has 42 heavy (non-hydrogen) atoms. The van der Waals surface area contributed by atoms with Crippen LogP contribution in [0.3, 0.4) is 0 Å². The molecule has 11 heteroatoms. The summed E-state index contributed by atoms with van der Waals surface area (Å²) in [6, 6.07) is 23.4. The smallest absolute Gasteiger partial charge is 0.282 e. The van der Waals surface area contributed by atoms with Crippen molar-refractivity contribution in [3.63, 3.8) is 0 Å². The van der Waals surface area contributed by atoms with Crippen molar-refractivity contribution in [3.05, 3.63) is 119 Å². The van der Waals surface area contributed by atoms with Crippen molar-refractivity contribution in [3.8, 4) is 23.1 Å². The molecule has 0 saturated carbocycles. The summed E-state index contributed by atoms with van der Waals surface area (Å²) in [5, 5.41) is 6.90. The van der Waals surface area contributed by atoms with Crippen LogP contribution in [0, 0.1) is 0 Å². The molecule has 0 atom stereocenters. The largest absolute Gasteiger partial charge is 0.493 e. The number of fused-ring (bicyclic) bond motifs is 2. The van der Waals surface area contributed by atoms with E-state index in [1.807, 2.05) is 30.3 Å². The summed E-state index contributed by atoms with van der Waals surface area (Å²) in [5.41, 5.74) is 2.28. The van der Waals surface area contributed by atoms with Gasteiger partial charge in [-0.25, -0.2) is 4.98 Å². The minimum Gasteiger partial charge on any atom is -0.493 e. The Bertz CT molecular complexity index is 2070. The first-order valence-corrected chi connectivity index (χ1v) is 14.8. The van der Waals surface area contributed by atoms with Crippen molar-refractivity contribution in [1.29, 1.82) is 0 Å². The van der Waals surface area contributed by atoms with E-state index in [2.05, 4.69) is 37.0 Å². The van der Waals surface area contributed by atoms with Gasteiger partial charge < -0.3 is 13.9 Å². The second kappa shape index (κ2) is 11.9. The molecule has 0 radical (unpaired) electrons. The van der Waals surface area contributed by atoms with Gasteiger partial charge >= 0.3 is 0 Å². The van der Waals surface area contributed by atoms with Crippen LogP contribution in [-0.4, -0.2) is 23.0 Å². The Balaban J connectivity index is 1.39. The Morgan fingerprint density at radius 1 is 1.00 bits per heavy atom. The lowest BCUT2D eigenvalue weighted by Crippen LogP contribution is -2.20. The molecule has 2 heterocycles. The van der Waals surface area contributed by atoms with Crippen molar-refractivity contribution in [2.24, 2.45) is 5.10 Å². The maximum Gasteiger partial charge on any atom is 0.282 e. The lowest BCUT2D eigenvalue weighted by Gasteiger charge is -2.13. The van der Waals surface area contributed by atoms with Gasteiger partial charge in [0, 0.05) is 35.5 Å². The molecule has 6 rings (SSSR count). The SMILES string of the molecule is COc1cc(C=Nn2c(-c3cc4cc(Br)ccc4o3)nc3ccccc3c2=O)c(Br)cc1OCc1ccc(Cl)cc1Cl. The first kappa shape index (κ1) is 28.5. The number of hydrogen-bond acceptors (Lipinski definition) is 6. The third-order valence-electron chi connectivity index (χ3n) is 6.45. The van der Waals surface area contributed by atoms with Gasteiger partial charge in [0.2, 0.25) is 5.82 Å². The highest BCUT2D eigenvalue weighted by molar-refractivity contribution is 9.10. The molecular weight excluding hydrogens is 709 g/mol. The van der Waals surface area contributed by atoms with Crippen LogP contribution in [0.4, 0.5) is 0 Å². The van der Waals surface area contributed by atoms with Crippen LogP contribution < -0.4 is 15.0 Å². The number of aromatic nitrogens is 2. The summed E-state index contributed by atoms with van der Waals surface area (Å²) in [4.78, 5) is 18.4. The van der Waals surface area contributed by atoms with E-state index >= 15 is 0 Å². The highest BCUT2D eigenvalue weighted by Gasteiger charge is 2.17. The molecule has 7 nitrogen and oxygen atoms in total. The topological polar surface area (TPSA) is 78.9 Å². The normalized spacial score (nSPS) is 11.5. The van der Waals surface area contributed by atoms with Crippen LogP contribution in [0.1, 0.15) is 11.1 Å². The molecule has 0 aliphatic rings. The summed E-state index contributed by atoms with van der Waals surface area (Å²) >= 11 is 19.4. The first-order chi connectivity index (χ1) is 20.3. The van der Waals surface area contributed by atoms with Gasteiger partial charge in [-0.3, -0.25) is 4.79 Å². The van der Waals surface area contributed by atoms with Crippen LogP contribution in [0.15, 0.2) is 102 Å². The number of furan rings is 1. The van der Waals surface area contributed by atoms with E-state index in [1.54, 1.807) is 61.9 Å². The molecule has 6 aromatic rings. The van der Waals surface area contributed by atoms with E-state index < -0.39 is 0 Å². The van der Waals surface area contributed by atoms with Gasteiger partial charge in [-0.1, -0.05) is 57.3 Å². The average Bonchev–Trinajstić information content (AvgIpc) is 3.40. The Kier molecular flexibility index (Phi) is 8.09. The van der Waals surface area contributed by atoms with Crippen molar-refractivity contribution in [2.45, 2.75) is 6.61 Å². The number of hydrogen-bond donors (Lipinski definition) is 0. The Morgan fingerprint density at radius 2 is 1.83 bits per heavy atom. The monoisotopic (exact) mass is 725 g/mol.